The molecule has 12 amide bonds. The average Bonchev–Trinajstić information content (AvgIpc) is 0.859. The van der Waals surface area contributed by atoms with Crippen molar-refractivity contribution in [3.8, 4) is 0 Å². The van der Waals surface area contributed by atoms with Gasteiger partial charge in [0.05, 0.1) is 6.04 Å². The largest absolute Gasteiger partial charge is 0.368 e. The number of unbranched alkanes of at least 4 members (excludes halogenated alkanes) is 7. The van der Waals surface area contributed by atoms with Crippen LogP contribution in [0.25, 0.3) is 0 Å². The van der Waals surface area contributed by atoms with Crippen LogP contribution in [0.2, 0.25) is 0 Å². The summed E-state index contributed by atoms with van der Waals surface area (Å²) in [6, 6.07) is -14.0. The number of nitrogens with one attached hydrogen (secondary N) is 11. The fraction of sp³-hybridized carbons (Fsp3) is 0.833. The first kappa shape index (κ1) is 97.3. The Bertz CT molecular complexity index is 2530. The van der Waals surface area contributed by atoms with Crippen molar-refractivity contribution in [3.05, 3.63) is 0 Å². The van der Waals surface area contributed by atoms with Gasteiger partial charge >= 0.3 is 0 Å². The Balaban J connectivity index is 7.18. The SMILES string of the molecule is CC(C)C[C@H](NC(=O)[C@H](CCCCN)NC(=O)[C@@H](CC(C)C)NC(=O)[C@@H](CC(C)C)NC(=O)[C@H](CCCCN)NC(=O)[C@@H](N)CCCCN)C(=O)N[C@@H](CCCCN)C(=O)N[C@H](CC(C)C)C(=O)N[C@@H](CCCCN)C(=O)N[C@H](CC(C)C)C(=O)N[C@@H](CCCCN)C(=O)N[C@@H](CCCCN)C(N)=O. The topological polar surface area (TPSA) is 571 Å². The highest BCUT2D eigenvalue weighted by atomic mass is 16.2. The van der Waals surface area contributed by atoms with E-state index in [9.17, 15) is 57.5 Å². The number of carbonyl (C=O) groups excluding carboxylic acids is 12. The summed E-state index contributed by atoms with van der Waals surface area (Å²) in [5.41, 5.74) is 52.3. The van der Waals surface area contributed by atoms with Crippen molar-refractivity contribution in [1.82, 2.24) is 58.5 Å². The molecule has 0 rings (SSSR count). The molecule has 0 fully saturated rings. The Kier molecular flexibility index (Phi) is 53.0. The van der Waals surface area contributed by atoms with Crippen LogP contribution < -0.4 is 110 Å². The second-order valence-corrected chi connectivity index (χ2v) is 29.8. The van der Waals surface area contributed by atoms with E-state index in [1.165, 1.54) is 0 Å². The maximum Gasteiger partial charge on any atom is 0.243 e. The minimum Gasteiger partial charge on any atom is -0.368 e. The zero-order chi connectivity index (χ0) is 78.9. The minimum atomic E-state index is -1.28. The molecule has 602 valence electrons. The van der Waals surface area contributed by atoms with E-state index in [1.807, 2.05) is 69.2 Å². The first-order chi connectivity index (χ1) is 49.2. The number of hydrogen-bond acceptors (Lipinski definition) is 20. The summed E-state index contributed by atoms with van der Waals surface area (Å²) < 4.78 is 0. The van der Waals surface area contributed by atoms with Gasteiger partial charge in [-0.2, -0.15) is 0 Å². The Morgan fingerprint density at radius 2 is 0.356 bits per heavy atom. The lowest BCUT2D eigenvalue weighted by atomic mass is 9.98. The smallest absolute Gasteiger partial charge is 0.243 e. The highest BCUT2D eigenvalue weighted by Gasteiger charge is 2.38. The zero-order valence-electron chi connectivity index (χ0n) is 64.7. The molecule has 0 spiro atoms. The molecular formula is C72H142N20O12. The molecule has 0 saturated heterocycles. The summed E-state index contributed by atoms with van der Waals surface area (Å²) in [6.07, 6.45) is 8.73. The summed E-state index contributed by atoms with van der Waals surface area (Å²) in [5, 5.41) is 30.8. The Hall–Kier alpha value is -6.68. The Morgan fingerprint density at radius 1 is 0.212 bits per heavy atom. The van der Waals surface area contributed by atoms with Crippen LogP contribution in [0.5, 0.6) is 0 Å². The molecule has 32 nitrogen and oxygen atoms in total. The maximum atomic E-state index is 14.7. The predicted molar refractivity (Wildman–Crippen MR) is 406 cm³/mol. The van der Waals surface area contributed by atoms with Crippen LogP contribution in [0.1, 0.15) is 236 Å². The quantitative estimate of drug-likeness (QED) is 0.0334. The Labute approximate surface area is 620 Å². The van der Waals surface area contributed by atoms with Gasteiger partial charge in [-0.05, 0) is 236 Å². The number of hydrogen-bond donors (Lipinski definition) is 20. The first-order valence-electron chi connectivity index (χ1n) is 38.5. The van der Waals surface area contributed by atoms with Crippen LogP contribution in [-0.4, -0.2) is 189 Å². The van der Waals surface area contributed by atoms with E-state index in [0.717, 1.165) is 0 Å². The van der Waals surface area contributed by atoms with E-state index in [2.05, 4.69) is 58.5 Å². The summed E-state index contributed by atoms with van der Waals surface area (Å²) in [4.78, 5) is 170. The maximum absolute atomic E-state index is 14.7. The standard InChI is InChI=1S/C72H142N20O12/c1-44(2)39-56(68(100)84-52(28-14-21-35-76)63(95)82-50(61(81)93)26-12-19-33-74)88-65(97)53(29-15-22-36-77)85-69(101)57(40-45(3)4)89-66(98)54(30-16-23-37-78)86-70(102)58(41-46(5)6)90-67(99)55(31-17-24-38-79)87-71(103)59(42-47(7)8)92-72(104)60(43-48(9)10)91-64(96)51(27-13-20-34-75)83-62(94)49(80)25-11-18-32-73/h44-60H,11-43,73-80H2,1-10H3,(H2,81,93)(H,82,95)(H,83,94)(H,84,100)(H,85,101)(H,86,102)(H,87,103)(H,88,97)(H,89,98)(H,90,99)(H,91,96)(H,92,104)/t49-,50-,51-,52-,53-,54-,55-,56+,57+,58-,59+,60+/m0/s1. The van der Waals surface area contributed by atoms with E-state index < -0.39 is 143 Å². The van der Waals surface area contributed by atoms with E-state index in [4.69, 9.17) is 51.6 Å². The van der Waals surface area contributed by atoms with Crippen LogP contribution in [0, 0.1) is 29.6 Å². The molecule has 0 aromatic rings. The number of primary amides is 1. The fourth-order valence-corrected chi connectivity index (χ4v) is 11.7. The first-order valence-corrected chi connectivity index (χ1v) is 38.5. The molecule has 0 aliphatic heterocycles. The van der Waals surface area contributed by atoms with Crippen molar-refractivity contribution >= 4 is 70.9 Å². The molecule has 0 aromatic heterocycles. The fourth-order valence-electron chi connectivity index (χ4n) is 11.7. The van der Waals surface area contributed by atoms with E-state index in [-0.39, 0.29) is 120 Å². The number of nitrogens with two attached hydrogens (primary N) is 9. The van der Waals surface area contributed by atoms with Gasteiger partial charge in [-0.3, -0.25) is 57.5 Å². The summed E-state index contributed by atoms with van der Waals surface area (Å²) in [7, 11) is 0. The van der Waals surface area contributed by atoms with E-state index in [1.54, 1.807) is 0 Å². The van der Waals surface area contributed by atoms with Gasteiger partial charge in [0.25, 0.3) is 0 Å². The van der Waals surface area contributed by atoms with Crippen molar-refractivity contribution in [1.29, 1.82) is 0 Å². The molecule has 12 atom stereocenters. The van der Waals surface area contributed by atoms with Crippen molar-refractivity contribution in [2.75, 3.05) is 45.8 Å². The normalized spacial score (nSPS) is 15.0. The monoisotopic (exact) mass is 1480 g/mol. The molecule has 0 radical (unpaired) electrons. The minimum absolute atomic E-state index is 0.0612. The van der Waals surface area contributed by atoms with Gasteiger partial charge in [-0.15, -0.1) is 0 Å². The van der Waals surface area contributed by atoms with Crippen LogP contribution in [0.3, 0.4) is 0 Å². The van der Waals surface area contributed by atoms with Crippen molar-refractivity contribution in [2.24, 2.45) is 81.2 Å². The van der Waals surface area contributed by atoms with Gasteiger partial charge in [0.2, 0.25) is 70.9 Å². The van der Waals surface area contributed by atoms with E-state index in [0.29, 0.717) is 122 Å². The molecule has 0 aliphatic carbocycles. The number of carbonyl (C=O) groups is 12. The lowest BCUT2D eigenvalue weighted by molar-refractivity contribution is -0.136. The van der Waals surface area contributed by atoms with Crippen molar-refractivity contribution in [2.45, 2.75) is 309 Å². The predicted octanol–water partition coefficient (Wildman–Crippen LogP) is -0.735. The Morgan fingerprint density at radius 3 is 0.529 bits per heavy atom. The van der Waals surface area contributed by atoms with Gasteiger partial charge < -0.3 is 110 Å². The molecular weight excluding hydrogens is 1340 g/mol. The molecule has 0 unspecified atom stereocenters. The third-order valence-electron chi connectivity index (χ3n) is 17.5. The van der Waals surface area contributed by atoms with Gasteiger partial charge in [0.1, 0.15) is 66.5 Å². The molecule has 0 bridgehead atoms. The summed E-state index contributed by atoms with van der Waals surface area (Å²) >= 11 is 0. The highest BCUT2D eigenvalue weighted by molar-refractivity contribution is 5.99. The average molecular weight is 1480 g/mol. The zero-order valence-corrected chi connectivity index (χ0v) is 64.7. The van der Waals surface area contributed by atoms with Crippen LogP contribution in [0.4, 0.5) is 0 Å². The van der Waals surface area contributed by atoms with Gasteiger partial charge in [0, 0.05) is 0 Å². The lowest BCUT2D eigenvalue weighted by Crippen LogP contribution is -2.61. The molecule has 32 heteroatoms. The summed E-state index contributed by atoms with van der Waals surface area (Å²) in [5.74, 6) is -9.10. The van der Waals surface area contributed by atoms with Gasteiger partial charge in [0.15, 0.2) is 0 Å². The third-order valence-corrected chi connectivity index (χ3v) is 17.5. The second kappa shape index (κ2) is 56.6. The van der Waals surface area contributed by atoms with E-state index >= 15 is 0 Å². The summed E-state index contributed by atoms with van der Waals surface area (Å²) in [6.45, 7) is 20.8. The van der Waals surface area contributed by atoms with Crippen molar-refractivity contribution in [3.63, 3.8) is 0 Å². The molecule has 0 heterocycles. The number of rotatable bonds is 61. The van der Waals surface area contributed by atoms with Crippen LogP contribution >= 0.6 is 0 Å². The molecule has 0 saturated carbocycles. The van der Waals surface area contributed by atoms with Gasteiger partial charge in [-0.25, -0.2) is 0 Å². The molecule has 29 N–H and O–H groups in total. The third kappa shape index (κ3) is 43.1. The van der Waals surface area contributed by atoms with Gasteiger partial charge in [-0.1, -0.05) is 75.7 Å². The highest BCUT2D eigenvalue weighted by Crippen LogP contribution is 2.17. The molecule has 0 aliphatic rings. The molecule has 0 aromatic carbocycles. The number of amides is 12. The molecule has 104 heavy (non-hydrogen) atoms. The van der Waals surface area contributed by atoms with Crippen molar-refractivity contribution < 1.29 is 57.5 Å². The van der Waals surface area contributed by atoms with Crippen LogP contribution in [0.15, 0.2) is 0 Å². The second-order valence-electron chi connectivity index (χ2n) is 29.8. The lowest BCUT2D eigenvalue weighted by Gasteiger charge is -2.30. The van der Waals surface area contributed by atoms with Crippen LogP contribution in [-0.2, 0) is 57.5 Å².